The van der Waals surface area contributed by atoms with Gasteiger partial charge >= 0.3 is 0 Å². The number of nitro benzene ring substituents is 1. The van der Waals surface area contributed by atoms with Crippen LogP contribution in [0.25, 0.3) is 0 Å². The molecule has 1 aromatic rings. The molecular formula is C12H14N2O4S. The van der Waals surface area contributed by atoms with E-state index < -0.39 is 11.0 Å². The van der Waals surface area contributed by atoms with E-state index in [9.17, 15) is 20.0 Å². The Hall–Kier alpha value is -1.60. The molecule has 0 aliphatic carbocycles. The van der Waals surface area contributed by atoms with Gasteiger partial charge in [0.05, 0.1) is 16.8 Å². The average molecular weight is 282 g/mol. The first-order chi connectivity index (χ1) is 9.06. The zero-order chi connectivity index (χ0) is 13.8. The van der Waals surface area contributed by atoms with E-state index in [1.807, 2.05) is 0 Å². The third-order valence-electron chi connectivity index (χ3n) is 2.93. The summed E-state index contributed by atoms with van der Waals surface area (Å²) < 4.78 is 0. The highest BCUT2D eigenvalue weighted by molar-refractivity contribution is 8.00. The number of non-ortho nitro benzene ring substituents is 1. The molecule has 1 unspecified atom stereocenters. The Morgan fingerprint density at radius 1 is 1.47 bits per heavy atom. The number of carbonyl (C=O) groups excluding carboxylic acids is 1. The minimum Gasteiger partial charge on any atom is -0.391 e. The zero-order valence-electron chi connectivity index (χ0n) is 10.2. The van der Waals surface area contributed by atoms with Crippen molar-refractivity contribution < 1.29 is 14.8 Å². The van der Waals surface area contributed by atoms with E-state index in [0.717, 1.165) is 4.90 Å². The van der Waals surface area contributed by atoms with Crippen LogP contribution in [0.3, 0.4) is 0 Å². The lowest BCUT2D eigenvalue weighted by atomic mass is 10.3. The normalized spacial score (nSPS) is 18.6. The minimum absolute atomic E-state index is 0.0140. The SMILES string of the molecule is O=C(CSc1ccc([N+](=O)[O-])cc1)N1CCC(O)C1. The molecule has 102 valence electrons. The number of amides is 1. The van der Waals surface area contributed by atoms with Crippen molar-refractivity contribution >= 4 is 23.4 Å². The zero-order valence-corrected chi connectivity index (χ0v) is 11.0. The molecule has 0 saturated carbocycles. The van der Waals surface area contributed by atoms with Gasteiger partial charge in [-0.25, -0.2) is 0 Å². The Labute approximate surface area is 114 Å². The molecule has 0 spiro atoms. The molecule has 1 amide bonds. The fourth-order valence-corrected chi connectivity index (χ4v) is 2.67. The van der Waals surface area contributed by atoms with E-state index >= 15 is 0 Å². The fourth-order valence-electron chi connectivity index (χ4n) is 1.87. The van der Waals surface area contributed by atoms with Crippen LogP contribution in [0.4, 0.5) is 5.69 Å². The largest absolute Gasteiger partial charge is 0.391 e. The number of thioether (sulfide) groups is 1. The van der Waals surface area contributed by atoms with Crippen LogP contribution >= 0.6 is 11.8 Å². The van der Waals surface area contributed by atoms with E-state index in [2.05, 4.69) is 0 Å². The van der Waals surface area contributed by atoms with Crippen LogP contribution in [0.15, 0.2) is 29.2 Å². The first-order valence-electron chi connectivity index (χ1n) is 5.89. The number of nitro groups is 1. The van der Waals surface area contributed by atoms with Gasteiger partial charge in [-0.3, -0.25) is 14.9 Å². The second kappa shape index (κ2) is 6.03. The summed E-state index contributed by atoms with van der Waals surface area (Å²) in [5.74, 6) is 0.268. The molecular weight excluding hydrogens is 268 g/mol. The maximum absolute atomic E-state index is 11.8. The van der Waals surface area contributed by atoms with Crippen LogP contribution in [-0.4, -0.2) is 45.8 Å². The van der Waals surface area contributed by atoms with E-state index in [0.29, 0.717) is 19.5 Å². The van der Waals surface area contributed by atoms with Crippen molar-refractivity contribution in [3.05, 3.63) is 34.4 Å². The van der Waals surface area contributed by atoms with Gasteiger partial charge in [-0.1, -0.05) is 0 Å². The van der Waals surface area contributed by atoms with Gasteiger partial charge in [0.1, 0.15) is 0 Å². The number of benzene rings is 1. The van der Waals surface area contributed by atoms with E-state index in [1.54, 1.807) is 17.0 Å². The summed E-state index contributed by atoms with van der Waals surface area (Å²) in [6.07, 6.45) is 0.224. The predicted octanol–water partition coefficient (Wildman–Crippen LogP) is 1.28. The van der Waals surface area contributed by atoms with Crippen LogP contribution in [0, 0.1) is 10.1 Å². The van der Waals surface area contributed by atoms with Gasteiger partial charge in [0.2, 0.25) is 5.91 Å². The second-order valence-corrected chi connectivity index (χ2v) is 5.37. The summed E-state index contributed by atoms with van der Waals surface area (Å²) in [5, 5.41) is 19.8. The van der Waals surface area contributed by atoms with E-state index in [1.165, 1.54) is 23.9 Å². The minimum atomic E-state index is -0.453. The lowest BCUT2D eigenvalue weighted by Gasteiger charge is -2.14. The molecule has 2 rings (SSSR count). The lowest BCUT2D eigenvalue weighted by Crippen LogP contribution is -2.30. The van der Waals surface area contributed by atoms with Crippen molar-refractivity contribution in [1.82, 2.24) is 4.90 Å². The molecule has 19 heavy (non-hydrogen) atoms. The van der Waals surface area contributed by atoms with Gasteiger partial charge < -0.3 is 10.0 Å². The number of nitrogens with zero attached hydrogens (tertiary/aromatic N) is 2. The van der Waals surface area contributed by atoms with Crippen LogP contribution < -0.4 is 0 Å². The number of aliphatic hydroxyl groups excluding tert-OH is 1. The first-order valence-corrected chi connectivity index (χ1v) is 6.88. The van der Waals surface area contributed by atoms with Crippen molar-refractivity contribution in [3.63, 3.8) is 0 Å². The summed E-state index contributed by atoms with van der Waals surface area (Å²) in [6.45, 7) is 1.00. The Balaban J connectivity index is 1.85. The molecule has 6 nitrogen and oxygen atoms in total. The summed E-state index contributed by atoms with van der Waals surface area (Å²) in [4.78, 5) is 24.3. The van der Waals surface area contributed by atoms with Crippen LogP contribution in [0.2, 0.25) is 0 Å². The molecule has 1 N–H and O–H groups in total. The lowest BCUT2D eigenvalue weighted by molar-refractivity contribution is -0.384. The number of aliphatic hydroxyl groups is 1. The molecule has 1 aromatic carbocycles. The monoisotopic (exact) mass is 282 g/mol. The highest BCUT2D eigenvalue weighted by atomic mass is 32.2. The molecule has 1 atom stereocenters. The first kappa shape index (κ1) is 13.8. The Kier molecular flexibility index (Phi) is 4.39. The van der Waals surface area contributed by atoms with Gasteiger partial charge in [-0.15, -0.1) is 11.8 Å². The number of carbonyl (C=O) groups is 1. The smallest absolute Gasteiger partial charge is 0.269 e. The van der Waals surface area contributed by atoms with Gasteiger partial charge in [0.25, 0.3) is 5.69 Å². The third-order valence-corrected chi connectivity index (χ3v) is 3.92. The van der Waals surface area contributed by atoms with Gasteiger partial charge in [-0.2, -0.15) is 0 Å². The summed E-state index contributed by atoms with van der Waals surface area (Å²) in [7, 11) is 0. The molecule has 0 radical (unpaired) electrons. The summed E-state index contributed by atoms with van der Waals surface area (Å²) >= 11 is 1.34. The third kappa shape index (κ3) is 3.68. The summed E-state index contributed by atoms with van der Waals surface area (Å²) in [5.41, 5.74) is 0.0401. The average Bonchev–Trinajstić information content (AvgIpc) is 2.83. The molecule has 1 saturated heterocycles. The van der Waals surface area contributed by atoms with Crippen LogP contribution in [0.1, 0.15) is 6.42 Å². The van der Waals surface area contributed by atoms with Crippen LogP contribution in [0.5, 0.6) is 0 Å². The van der Waals surface area contributed by atoms with E-state index in [-0.39, 0.29) is 17.3 Å². The van der Waals surface area contributed by atoms with Crippen molar-refractivity contribution in [2.24, 2.45) is 0 Å². The number of β-amino-alcohol motifs (C(OH)–C–C–N with tert-alkyl or cyclic N) is 1. The fraction of sp³-hybridized carbons (Fsp3) is 0.417. The van der Waals surface area contributed by atoms with Crippen molar-refractivity contribution in [1.29, 1.82) is 0 Å². The molecule has 1 fully saturated rings. The standard InChI is InChI=1S/C12H14N2O4S/c15-10-5-6-13(7-10)12(16)8-19-11-3-1-9(2-4-11)14(17)18/h1-4,10,15H,5-8H2. The Bertz CT molecular complexity index is 477. The Morgan fingerprint density at radius 2 is 2.16 bits per heavy atom. The topological polar surface area (TPSA) is 83.7 Å². The number of hydrogen-bond acceptors (Lipinski definition) is 5. The number of rotatable bonds is 4. The molecule has 1 aliphatic heterocycles. The van der Waals surface area contributed by atoms with Gasteiger partial charge in [-0.05, 0) is 18.6 Å². The second-order valence-electron chi connectivity index (χ2n) is 4.32. The highest BCUT2D eigenvalue weighted by Gasteiger charge is 2.24. The number of hydrogen-bond donors (Lipinski definition) is 1. The quantitative estimate of drug-likeness (QED) is 0.511. The molecule has 0 aromatic heterocycles. The molecule has 0 bridgehead atoms. The predicted molar refractivity (Wildman–Crippen MR) is 71.0 cm³/mol. The molecule has 1 heterocycles. The maximum Gasteiger partial charge on any atom is 0.269 e. The number of likely N-dealkylation sites (tertiary alicyclic amines) is 1. The Morgan fingerprint density at radius 3 is 2.68 bits per heavy atom. The highest BCUT2D eigenvalue weighted by Crippen LogP contribution is 2.22. The van der Waals surface area contributed by atoms with Crippen molar-refractivity contribution in [3.8, 4) is 0 Å². The van der Waals surface area contributed by atoms with Crippen molar-refractivity contribution in [2.45, 2.75) is 17.4 Å². The van der Waals surface area contributed by atoms with E-state index in [4.69, 9.17) is 0 Å². The van der Waals surface area contributed by atoms with Gasteiger partial charge in [0, 0.05) is 30.1 Å². The molecule has 1 aliphatic rings. The summed E-state index contributed by atoms with van der Waals surface area (Å²) in [6, 6.07) is 6.11. The van der Waals surface area contributed by atoms with Crippen LogP contribution in [-0.2, 0) is 4.79 Å². The van der Waals surface area contributed by atoms with Crippen molar-refractivity contribution in [2.75, 3.05) is 18.8 Å². The maximum atomic E-state index is 11.8. The van der Waals surface area contributed by atoms with Gasteiger partial charge in [0.15, 0.2) is 0 Å². The molecule has 7 heteroatoms.